The number of aromatic nitrogens is 1. The van der Waals surface area contributed by atoms with Crippen LogP contribution in [0.4, 0.5) is 8.78 Å². The Morgan fingerprint density at radius 3 is 2.61 bits per heavy atom. The molecular weight excluding hydrogens is 244 g/mol. The van der Waals surface area contributed by atoms with Crippen LogP contribution < -0.4 is 5.56 Å². The maximum Gasteiger partial charge on any atom is 0.341 e. The number of carboxylic acid groups (broad SMARTS) is 1. The fourth-order valence-electron chi connectivity index (χ4n) is 1.52. The molecule has 0 aliphatic heterocycles. The SMILES string of the molecule is O=C(O)c1cc(-c2cc(F)ccc2F)c[nH]c1=O. The van der Waals surface area contributed by atoms with Gasteiger partial charge in [-0.1, -0.05) is 0 Å². The van der Waals surface area contributed by atoms with Crippen LogP contribution in [-0.2, 0) is 0 Å². The third kappa shape index (κ3) is 2.13. The molecule has 2 aromatic rings. The van der Waals surface area contributed by atoms with Gasteiger partial charge in [0.15, 0.2) is 0 Å². The highest BCUT2D eigenvalue weighted by molar-refractivity contribution is 5.88. The topological polar surface area (TPSA) is 70.2 Å². The van der Waals surface area contributed by atoms with Gasteiger partial charge in [0.2, 0.25) is 0 Å². The average molecular weight is 251 g/mol. The van der Waals surface area contributed by atoms with Crippen molar-refractivity contribution in [2.75, 3.05) is 0 Å². The predicted octanol–water partition coefficient (Wildman–Crippen LogP) is 2.02. The highest BCUT2D eigenvalue weighted by atomic mass is 19.1. The molecule has 2 N–H and O–H groups in total. The smallest absolute Gasteiger partial charge is 0.341 e. The Morgan fingerprint density at radius 2 is 1.94 bits per heavy atom. The lowest BCUT2D eigenvalue weighted by molar-refractivity contribution is 0.0695. The van der Waals surface area contributed by atoms with Crippen LogP contribution in [0.2, 0.25) is 0 Å². The maximum absolute atomic E-state index is 13.5. The summed E-state index contributed by atoms with van der Waals surface area (Å²) in [6.45, 7) is 0. The quantitative estimate of drug-likeness (QED) is 0.857. The Bertz CT molecular complexity index is 679. The molecule has 1 heterocycles. The molecule has 92 valence electrons. The number of nitrogens with one attached hydrogen (secondary N) is 1. The van der Waals surface area contributed by atoms with E-state index < -0.39 is 28.7 Å². The molecule has 1 aromatic heterocycles. The van der Waals surface area contributed by atoms with Crippen molar-refractivity contribution in [1.82, 2.24) is 4.98 Å². The molecule has 2 rings (SSSR count). The summed E-state index contributed by atoms with van der Waals surface area (Å²) < 4.78 is 26.5. The summed E-state index contributed by atoms with van der Waals surface area (Å²) in [5, 5.41) is 8.77. The van der Waals surface area contributed by atoms with E-state index in [1.54, 1.807) is 0 Å². The van der Waals surface area contributed by atoms with Crippen molar-refractivity contribution in [2.24, 2.45) is 0 Å². The van der Waals surface area contributed by atoms with Gasteiger partial charge in [0, 0.05) is 17.3 Å². The largest absolute Gasteiger partial charge is 0.477 e. The lowest BCUT2D eigenvalue weighted by atomic mass is 10.1. The first-order valence-corrected chi connectivity index (χ1v) is 4.90. The fraction of sp³-hybridized carbons (Fsp3) is 0. The predicted molar refractivity (Wildman–Crippen MR) is 59.4 cm³/mol. The maximum atomic E-state index is 13.5. The monoisotopic (exact) mass is 251 g/mol. The number of carbonyl (C=O) groups is 1. The lowest BCUT2D eigenvalue weighted by Gasteiger charge is -2.04. The van der Waals surface area contributed by atoms with Crippen LogP contribution in [-0.4, -0.2) is 16.1 Å². The highest BCUT2D eigenvalue weighted by Crippen LogP contribution is 2.22. The molecular formula is C12H7F2NO3. The summed E-state index contributed by atoms with van der Waals surface area (Å²) >= 11 is 0. The van der Waals surface area contributed by atoms with Crippen LogP contribution in [0, 0.1) is 11.6 Å². The van der Waals surface area contributed by atoms with Gasteiger partial charge in [-0.2, -0.15) is 0 Å². The average Bonchev–Trinajstić information content (AvgIpc) is 2.33. The molecule has 0 fully saturated rings. The third-order valence-corrected chi connectivity index (χ3v) is 2.37. The van der Waals surface area contributed by atoms with Gasteiger partial charge in [-0.15, -0.1) is 0 Å². The second kappa shape index (κ2) is 4.40. The number of aromatic amines is 1. The zero-order valence-corrected chi connectivity index (χ0v) is 8.91. The molecule has 0 bridgehead atoms. The van der Waals surface area contributed by atoms with E-state index in [-0.39, 0.29) is 11.1 Å². The van der Waals surface area contributed by atoms with E-state index in [2.05, 4.69) is 4.98 Å². The third-order valence-electron chi connectivity index (χ3n) is 2.37. The van der Waals surface area contributed by atoms with Crippen molar-refractivity contribution >= 4 is 5.97 Å². The number of hydrogen-bond acceptors (Lipinski definition) is 2. The zero-order chi connectivity index (χ0) is 13.3. The Morgan fingerprint density at radius 1 is 1.22 bits per heavy atom. The Labute approximate surface area is 99.5 Å². The number of halogens is 2. The van der Waals surface area contributed by atoms with Gasteiger partial charge in [-0.05, 0) is 24.3 Å². The van der Waals surface area contributed by atoms with Gasteiger partial charge in [-0.3, -0.25) is 4.79 Å². The summed E-state index contributed by atoms with van der Waals surface area (Å²) in [6, 6.07) is 3.80. The minimum Gasteiger partial charge on any atom is -0.477 e. The van der Waals surface area contributed by atoms with Crippen LogP contribution >= 0.6 is 0 Å². The molecule has 0 saturated heterocycles. The Balaban J connectivity index is 2.65. The summed E-state index contributed by atoms with van der Waals surface area (Å²) in [7, 11) is 0. The molecule has 0 atom stereocenters. The second-order valence-corrected chi connectivity index (χ2v) is 3.56. The second-order valence-electron chi connectivity index (χ2n) is 3.56. The van der Waals surface area contributed by atoms with Crippen molar-refractivity contribution in [3.05, 3.63) is 58.0 Å². The first kappa shape index (κ1) is 12.0. The number of carboxylic acids is 1. The normalized spacial score (nSPS) is 10.3. The molecule has 0 unspecified atom stereocenters. The zero-order valence-electron chi connectivity index (χ0n) is 8.91. The number of benzene rings is 1. The standard InChI is InChI=1S/C12H7F2NO3/c13-7-1-2-10(14)8(4-7)6-3-9(12(17)18)11(16)15-5-6/h1-5H,(H,15,16)(H,17,18). The van der Waals surface area contributed by atoms with Gasteiger partial charge in [0.25, 0.3) is 5.56 Å². The summed E-state index contributed by atoms with van der Waals surface area (Å²) in [6.07, 6.45) is 1.13. The number of rotatable bonds is 2. The molecule has 0 saturated carbocycles. The summed E-state index contributed by atoms with van der Waals surface area (Å²) in [4.78, 5) is 24.1. The van der Waals surface area contributed by atoms with E-state index in [0.717, 1.165) is 30.5 Å². The summed E-state index contributed by atoms with van der Waals surface area (Å²) in [5.41, 5.74) is -1.36. The van der Waals surface area contributed by atoms with Crippen molar-refractivity contribution < 1.29 is 18.7 Å². The van der Waals surface area contributed by atoms with Crippen LogP contribution in [0.3, 0.4) is 0 Å². The van der Waals surface area contributed by atoms with Gasteiger partial charge < -0.3 is 10.1 Å². The van der Waals surface area contributed by atoms with Crippen LogP contribution in [0.5, 0.6) is 0 Å². The van der Waals surface area contributed by atoms with Gasteiger partial charge in [0.05, 0.1) is 0 Å². The van der Waals surface area contributed by atoms with Crippen LogP contribution in [0.25, 0.3) is 11.1 Å². The Hall–Kier alpha value is -2.50. The van der Waals surface area contributed by atoms with Gasteiger partial charge in [0.1, 0.15) is 17.2 Å². The minimum atomic E-state index is -1.44. The molecule has 0 aliphatic rings. The molecule has 0 radical (unpaired) electrons. The fourth-order valence-corrected chi connectivity index (χ4v) is 1.52. The molecule has 4 nitrogen and oxygen atoms in total. The first-order valence-electron chi connectivity index (χ1n) is 4.90. The number of aromatic carboxylic acids is 1. The van der Waals surface area contributed by atoms with E-state index >= 15 is 0 Å². The molecule has 1 aromatic carbocycles. The van der Waals surface area contributed by atoms with E-state index in [1.807, 2.05) is 0 Å². The van der Waals surface area contributed by atoms with Gasteiger partial charge in [-0.25, -0.2) is 13.6 Å². The van der Waals surface area contributed by atoms with Crippen molar-refractivity contribution in [1.29, 1.82) is 0 Å². The van der Waals surface area contributed by atoms with Gasteiger partial charge >= 0.3 is 5.97 Å². The van der Waals surface area contributed by atoms with Crippen molar-refractivity contribution in [3.63, 3.8) is 0 Å². The van der Waals surface area contributed by atoms with E-state index in [1.165, 1.54) is 0 Å². The highest BCUT2D eigenvalue weighted by Gasteiger charge is 2.13. The summed E-state index contributed by atoms with van der Waals surface area (Å²) in [5.74, 6) is -2.80. The molecule has 0 spiro atoms. The lowest BCUT2D eigenvalue weighted by Crippen LogP contribution is -2.16. The Kier molecular flexibility index (Phi) is 2.93. The molecule has 0 aliphatic carbocycles. The number of hydrogen-bond donors (Lipinski definition) is 2. The number of pyridine rings is 1. The molecule has 6 heteroatoms. The van der Waals surface area contributed by atoms with E-state index in [4.69, 9.17) is 5.11 Å². The van der Waals surface area contributed by atoms with Crippen LogP contribution in [0.15, 0.2) is 35.3 Å². The van der Waals surface area contributed by atoms with Crippen molar-refractivity contribution in [2.45, 2.75) is 0 Å². The minimum absolute atomic E-state index is 0.0870. The first-order chi connectivity index (χ1) is 8.49. The van der Waals surface area contributed by atoms with Crippen molar-refractivity contribution in [3.8, 4) is 11.1 Å². The molecule has 18 heavy (non-hydrogen) atoms. The molecule has 0 amide bonds. The van der Waals surface area contributed by atoms with E-state index in [9.17, 15) is 18.4 Å². The van der Waals surface area contributed by atoms with Crippen LogP contribution in [0.1, 0.15) is 10.4 Å². The number of H-pyrrole nitrogens is 1. The van der Waals surface area contributed by atoms with E-state index in [0.29, 0.717) is 0 Å².